The van der Waals surface area contributed by atoms with Crippen LogP contribution in [-0.4, -0.2) is 9.97 Å². The summed E-state index contributed by atoms with van der Waals surface area (Å²) in [6.45, 7) is 0.0274. The van der Waals surface area contributed by atoms with Crippen molar-refractivity contribution >= 4 is 10.9 Å². The molecule has 0 bridgehead atoms. The van der Waals surface area contributed by atoms with Gasteiger partial charge in [0.25, 0.3) is 0 Å². The van der Waals surface area contributed by atoms with E-state index in [9.17, 15) is 18.0 Å². The van der Waals surface area contributed by atoms with E-state index in [-0.39, 0.29) is 12.1 Å². The van der Waals surface area contributed by atoms with E-state index >= 15 is 0 Å². The van der Waals surface area contributed by atoms with Crippen LogP contribution in [0.5, 0.6) is 0 Å². The summed E-state index contributed by atoms with van der Waals surface area (Å²) in [7, 11) is 0. The van der Waals surface area contributed by atoms with Gasteiger partial charge in [-0.2, -0.15) is 18.2 Å². The van der Waals surface area contributed by atoms with Crippen molar-refractivity contribution < 1.29 is 13.2 Å². The predicted molar refractivity (Wildman–Crippen MR) is 55.3 cm³/mol. The minimum absolute atomic E-state index is 0.0102. The third-order valence-corrected chi connectivity index (χ3v) is 2.33. The third kappa shape index (κ3) is 2.14. The summed E-state index contributed by atoms with van der Waals surface area (Å²) in [5.41, 5.74) is 4.20. The summed E-state index contributed by atoms with van der Waals surface area (Å²) in [4.78, 5) is 17.0. The van der Waals surface area contributed by atoms with Crippen LogP contribution < -0.4 is 11.4 Å². The molecule has 1 heterocycles. The fourth-order valence-corrected chi connectivity index (χ4v) is 1.55. The van der Waals surface area contributed by atoms with E-state index in [1.807, 2.05) is 0 Å². The molecule has 0 aliphatic carbocycles. The maximum absolute atomic E-state index is 12.5. The molecule has 0 atom stereocenters. The highest BCUT2D eigenvalue weighted by molar-refractivity contribution is 5.81. The van der Waals surface area contributed by atoms with Gasteiger partial charge in [0.05, 0.1) is 11.1 Å². The van der Waals surface area contributed by atoms with E-state index in [1.54, 1.807) is 0 Å². The average Bonchev–Trinajstić information content (AvgIpc) is 2.25. The molecule has 17 heavy (non-hydrogen) atoms. The summed E-state index contributed by atoms with van der Waals surface area (Å²) in [5.74, 6) is 0. The molecule has 0 saturated carbocycles. The molecule has 2 aromatic rings. The molecule has 1 aromatic carbocycles. The van der Waals surface area contributed by atoms with E-state index in [0.717, 1.165) is 12.1 Å². The normalized spacial score (nSPS) is 12.0. The summed E-state index contributed by atoms with van der Waals surface area (Å²) >= 11 is 0. The van der Waals surface area contributed by atoms with Gasteiger partial charge in [0.15, 0.2) is 0 Å². The number of nitrogens with two attached hydrogens (primary N) is 1. The van der Waals surface area contributed by atoms with Gasteiger partial charge in [-0.3, -0.25) is 0 Å². The van der Waals surface area contributed by atoms with Crippen LogP contribution in [0.15, 0.2) is 23.0 Å². The van der Waals surface area contributed by atoms with Crippen molar-refractivity contribution in [2.75, 3.05) is 0 Å². The number of hydrogen-bond acceptors (Lipinski definition) is 3. The second kappa shape index (κ2) is 3.85. The summed E-state index contributed by atoms with van der Waals surface area (Å²) in [5, 5.41) is 0.417. The minimum atomic E-state index is -4.46. The third-order valence-electron chi connectivity index (χ3n) is 2.33. The van der Waals surface area contributed by atoms with Crippen LogP contribution in [0.4, 0.5) is 13.2 Å². The first kappa shape index (κ1) is 11.6. The molecule has 0 unspecified atom stereocenters. The van der Waals surface area contributed by atoms with Gasteiger partial charge in [-0.05, 0) is 12.1 Å². The fourth-order valence-electron chi connectivity index (χ4n) is 1.55. The molecule has 0 radical (unpaired) electrons. The number of rotatable bonds is 1. The predicted octanol–water partition coefficient (Wildman–Crippen LogP) is 1.40. The van der Waals surface area contributed by atoms with Gasteiger partial charge in [-0.15, -0.1) is 0 Å². The Labute approximate surface area is 93.3 Å². The number of hydrogen-bond donors (Lipinski definition) is 2. The summed E-state index contributed by atoms with van der Waals surface area (Å²) in [6.07, 6.45) is -4.46. The summed E-state index contributed by atoms with van der Waals surface area (Å²) < 4.78 is 37.4. The number of nitrogens with zero attached hydrogens (tertiary/aromatic N) is 1. The molecule has 0 aliphatic heterocycles. The molecular weight excluding hydrogens is 235 g/mol. The van der Waals surface area contributed by atoms with Crippen LogP contribution in [0, 0.1) is 0 Å². The van der Waals surface area contributed by atoms with Crippen LogP contribution in [0.2, 0.25) is 0 Å². The van der Waals surface area contributed by atoms with Gasteiger partial charge >= 0.3 is 11.9 Å². The quantitative estimate of drug-likeness (QED) is 0.795. The maximum atomic E-state index is 12.5. The number of nitrogens with one attached hydrogen (secondary N) is 1. The Hall–Kier alpha value is -1.89. The second-order valence-electron chi connectivity index (χ2n) is 3.45. The van der Waals surface area contributed by atoms with Crippen LogP contribution in [0.25, 0.3) is 10.9 Å². The van der Waals surface area contributed by atoms with Crippen LogP contribution in [0.3, 0.4) is 0 Å². The molecule has 2 rings (SSSR count). The van der Waals surface area contributed by atoms with Crippen LogP contribution in [-0.2, 0) is 12.7 Å². The molecule has 0 amide bonds. The molecular formula is C10H8F3N3O. The highest BCUT2D eigenvalue weighted by atomic mass is 19.4. The average molecular weight is 243 g/mol. The van der Waals surface area contributed by atoms with Gasteiger partial charge in [-0.1, -0.05) is 6.07 Å². The van der Waals surface area contributed by atoms with Crippen molar-refractivity contribution in [3.63, 3.8) is 0 Å². The topological polar surface area (TPSA) is 71.8 Å². The lowest BCUT2D eigenvalue weighted by atomic mass is 10.1. The van der Waals surface area contributed by atoms with E-state index in [2.05, 4.69) is 9.97 Å². The Kier molecular flexibility index (Phi) is 2.62. The first-order valence-corrected chi connectivity index (χ1v) is 4.72. The van der Waals surface area contributed by atoms with Crippen LogP contribution in [0.1, 0.15) is 11.3 Å². The van der Waals surface area contributed by atoms with Gasteiger partial charge in [0.1, 0.15) is 0 Å². The molecule has 4 nitrogen and oxygen atoms in total. The molecule has 90 valence electrons. The highest BCUT2D eigenvalue weighted by Gasteiger charge is 2.30. The van der Waals surface area contributed by atoms with Crippen molar-refractivity contribution in [2.24, 2.45) is 5.73 Å². The lowest BCUT2D eigenvalue weighted by Crippen LogP contribution is -2.16. The Morgan fingerprint density at radius 3 is 2.65 bits per heavy atom. The standard InChI is InChI=1S/C10H8F3N3O/c11-10(12,13)5-1-2-6-7(3-5)15-9(17)16-8(6)4-14/h1-3H,4,14H2,(H,15,16,17). The summed E-state index contributed by atoms with van der Waals surface area (Å²) in [6, 6.07) is 3.02. The van der Waals surface area contributed by atoms with E-state index in [1.165, 1.54) is 6.07 Å². The number of fused-ring (bicyclic) bond motifs is 1. The Balaban J connectivity index is 2.74. The lowest BCUT2D eigenvalue weighted by molar-refractivity contribution is -0.137. The monoisotopic (exact) mass is 243 g/mol. The zero-order chi connectivity index (χ0) is 12.6. The molecule has 0 saturated heterocycles. The lowest BCUT2D eigenvalue weighted by Gasteiger charge is -2.08. The molecule has 7 heteroatoms. The molecule has 0 aliphatic rings. The smallest absolute Gasteiger partial charge is 0.325 e. The zero-order valence-electron chi connectivity index (χ0n) is 8.51. The molecule has 0 spiro atoms. The molecule has 3 N–H and O–H groups in total. The maximum Gasteiger partial charge on any atom is 0.416 e. The van der Waals surface area contributed by atoms with Crippen LogP contribution >= 0.6 is 0 Å². The SMILES string of the molecule is NCc1[nH]c(=O)nc2cc(C(F)(F)F)ccc12. The van der Waals surface area contributed by atoms with Crippen molar-refractivity contribution in [1.82, 2.24) is 9.97 Å². The van der Waals surface area contributed by atoms with Crippen molar-refractivity contribution in [3.05, 3.63) is 39.9 Å². The zero-order valence-corrected chi connectivity index (χ0v) is 8.51. The first-order valence-electron chi connectivity index (χ1n) is 4.72. The number of H-pyrrole nitrogens is 1. The number of alkyl halides is 3. The largest absolute Gasteiger partial charge is 0.416 e. The Morgan fingerprint density at radius 2 is 2.06 bits per heavy atom. The first-order chi connectivity index (χ1) is 7.91. The highest BCUT2D eigenvalue weighted by Crippen LogP contribution is 2.30. The van der Waals surface area contributed by atoms with E-state index in [4.69, 9.17) is 5.73 Å². The van der Waals surface area contributed by atoms with E-state index in [0.29, 0.717) is 11.1 Å². The van der Waals surface area contributed by atoms with Gasteiger partial charge in [0, 0.05) is 17.6 Å². The Morgan fingerprint density at radius 1 is 1.35 bits per heavy atom. The number of aromatic nitrogens is 2. The van der Waals surface area contributed by atoms with E-state index < -0.39 is 17.4 Å². The van der Waals surface area contributed by atoms with Gasteiger partial charge < -0.3 is 10.7 Å². The molecule has 0 fully saturated rings. The number of benzene rings is 1. The number of aromatic amines is 1. The molecule has 1 aromatic heterocycles. The fraction of sp³-hybridized carbons (Fsp3) is 0.200. The second-order valence-corrected chi connectivity index (χ2v) is 3.45. The van der Waals surface area contributed by atoms with Crippen molar-refractivity contribution in [2.45, 2.75) is 12.7 Å². The number of halogens is 3. The Bertz CT molecular complexity index is 618. The van der Waals surface area contributed by atoms with Gasteiger partial charge in [-0.25, -0.2) is 4.79 Å². The van der Waals surface area contributed by atoms with Crippen molar-refractivity contribution in [3.8, 4) is 0 Å². The van der Waals surface area contributed by atoms with Gasteiger partial charge in [0.2, 0.25) is 0 Å². The minimum Gasteiger partial charge on any atom is -0.325 e. The van der Waals surface area contributed by atoms with Crippen molar-refractivity contribution in [1.29, 1.82) is 0 Å².